The molecule has 0 bridgehead atoms. The normalized spacial score (nSPS) is 11.5. The standard InChI is InChI=1S/C16H29N3/c1-5-7-11-19(6-2)13-16-10-8-9-15(18-16)12-17-14(3)4/h8-10,14,17H,5-7,11-13H2,1-4H3. The van der Waals surface area contributed by atoms with Gasteiger partial charge in [0.25, 0.3) is 0 Å². The molecule has 0 atom stereocenters. The fourth-order valence-corrected chi connectivity index (χ4v) is 1.98. The Labute approximate surface area is 118 Å². The number of rotatable bonds is 9. The molecular weight excluding hydrogens is 234 g/mol. The Morgan fingerprint density at radius 1 is 1.21 bits per heavy atom. The van der Waals surface area contributed by atoms with Crippen LogP contribution in [0.1, 0.15) is 51.9 Å². The van der Waals surface area contributed by atoms with Crippen molar-refractivity contribution in [1.29, 1.82) is 0 Å². The van der Waals surface area contributed by atoms with Crippen molar-refractivity contribution in [2.75, 3.05) is 13.1 Å². The Hall–Kier alpha value is -0.930. The lowest BCUT2D eigenvalue weighted by Crippen LogP contribution is -2.25. The minimum atomic E-state index is 0.502. The van der Waals surface area contributed by atoms with Gasteiger partial charge in [-0.1, -0.05) is 40.2 Å². The lowest BCUT2D eigenvalue weighted by atomic mass is 10.2. The second-order valence-corrected chi connectivity index (χ2v) is 5.38. The lowest BCUT2D eigenvalue weighted by molar-refractivity contribution is 0.272. The molecule has 0 radical (unpaired) electrons. The van der Waals surface area contributed by atoms with E-state index in [0.717, 1.165) is 25.3 Å². The fraction of sp³-hybridized carbons (Fsp3) is 0.688. The van der Waals surface area contributed by atoms with Gasteiger partial charge in [0.15, 0.2) is 0 Å². The molecule has 1 heterocycles. The van der Waals surface area contributed by atoms with Crippen LogP contribution in [0.5, 0.6) is 0 Å². The SMILES string of the molecule is CCCCN(CC)Cc1cccc(CNC(C)C)n1. The molecule has 3 heteroatoms. The van der Waals surface area contributed by atoms with Crippen LogP contribution >= 0.6 is 0 Å². The van der Waals surface area contributed by atoms with E-state index >= 15 is 0 Å². The number of nitrogens with zero attached hydrogens (tertiary/aromatic N) is 2. The summed E-state index contributed by atoms with van der Waals surface area (Å²) in [4.78, 5) is 7.20. The van der Waals surface area contributed by atoms with Gasteiger partial charge in [-0.05, 0) is 31.6 Å². The van der Waals surface area contributed by atoms with Gasteiger partial charge in [-0.3, -0.25) is 9.88 Å². The van der Waals surface area contributed by atoms with E-state index in [1.807, 2.05) is 0 Å². The molecule has 0 aliphatic carbocycles. The van der Waals surface area contributed by atoms with Crippen molar-refractivity contribution >= 4 is 0 Å². The first-order chi connectivity index (χ1) is 9.15. The number of aromatic nitrogens is 1. The van der Waals surface area contributed by atoms with Crippen LogP contribution in [0.3, 0.4) is 0 Å². The second kappa shape index (κ2) is 9.05. The van der Waals surface area contributed by atoms with Crippen LogP contribution in [0.25, 0.3) is 0 Å². The van der Waals surface area contributed by atoms with Crippen LogP contribution < -0.4 is 5.32 Å². The summed E-state index contributed by atoms with van der Waals surface area (Å²) in [5.41, 5.74) is 2.32. The first-order valence-electron chi connectivity index (χ1n) is 7.56. The molecule has 108 valence electrons. The molecule has 3 nitrogen and oxygen atoms in total. The Morgan fingerprint density at radius 2 is 1.95 bits per heavy atom. The van der Waals surface area contributed by atoms with Crippen molar-refractivity contribution in [3.63, 3.8) is 0 Å². The summed E-state index contributed by atoms with van der Waals surface area (Å²) in [7, 11) is 0. The van der Waals surface area contributed by atoms with E-state index in [-0.39, 0.29) is 0 Å². The summed E-state index contributed by atoms with van der Waals surface area (Å²) in [5, 5.41) is 3.41. The van der Waals surface area contributed by atoms with Crippen molar-refractivity contribution < 1.29 is 0 Å². The number of hydrogen-bond acceptors (Lipinski definition) is 3. The molecular formula is C16H29N3. The summed E-state index contributed by atoms with van der Waals surface area (Å²) < 4.78 is 0. The summed E-state index contributed by atoms with van der Waals surface area (Å²) in [6, 6.07) is 6.85. The van der Waals surface area contributed by atoms with Gasteiger partial charge in [0.05, 0.1) is 11.4 Å². The molecule has 0 spiro atoms. The van der Waals surface area contributed by atoms with E-state index in [9.17, 15) is 0 Å². The topological polar surface area (TPSA) is 28.2 Å². The molecule has 1 aromatic rings. The van der Waals surface area contributed by atoms with Gasteiger partial charge < -0.3 is 5.32 Å². The molecule has 19 heavy (non-hydrogen) atoms. The predicted octanol–water partition coefficient (Wildman–Crippen LogP) is 3.20. The summed E-state index contributed by atoms with van der Waals surface area (Å²) >= 11 is 0. The van der Waals surface area contributed by atoms with Gasteiger partial charge in [-0.2, -0.15) is 0 Å². The Bertz CT molecular complexity index is 350. The van der Waals surface area contributed by atoms with Crippen molar-refractivity contribution in [3.8, 4) is 0 Å². The first kappa shape index (κ1) is 16.1. The van der Waals surface area contributed by atoms with E-state index in [2.05, 4.69) is 56.1 Å². The van der Waals surface area contributed by atoms with E-state index in [0.29, 0.717) is 6.04 Å². The van der Waals surface area contributed by atoms with E-state index in [4.69, 9.17) is 4.98 Å². The highest BCUT2D eigenvalue weighted by Gasteiger charge is 2.05. The molecule has 0 unspecified atom stereocenters. The third-order valence-corrected chi connectivity index (χ3v) is 3.22. The molecule has 0 saturated carbocycles. The first-order valence-corrected chi connectivity index (χ1v) is 7.56. The molecule has 1 N–H and O–H groups in total. The molecule has 1 aromatic heterocycles. The number of nitrogens with one attached hydrogen (secondary N) is 1. The number of unbranched alkanes of at least 4 members (excludes halogenated alkanes) is 1. The molecule has 0 saturated heterocycles. The zero-order valence-electron chi connectivity index (χ0n) is 12.9. The fourth-order valence-electron chi connectivity index (χ4n) is 1.98. The number of pyridine rings is 1. The van der Waals surface area contributed by atoms with Gasteiger partial charge in [0.1, 0.15) is 0 Å². The highest BCUT2D eigenvalue weighted by molar-refractivity contribution is 5.11. The minimum absolute atomic E-state index is 0.502. The van der Waals surface area contributed by atoms with Crippen molar-refractivity contribution in [1.82, 2.24) is 15.2 Å². The maximum atomic E-state index is 4.74. The zero-order chi connectivity index (χ0) is 14.1. The van der Waals surface area contributed by atoms with Crippen LogP contribution in [-0.2, 0) is 13.1 Å². The maximum Gasteiger partial charge on any atom is 0.0547 e. The van der Waals surface area contributed by atoms with Crippen LogP contribution in [-0.4, -0.2) is 29.0 Å². The van der Waals surface area contributed by atoms with Crippen LogP contribution in [0.15, 0.2) is 18.2 Å². The van der Waals surface area contributed by atoms with E-state index < -0.39 is 0 Å². The average Bonchev–Trinajstić information content (AvgIpc) is 2.41. The van der Waals surface area contributed by atoms with Gasteiger partial charge in [0.2, 0.25) is 0 Å². The summed E-state index contributed by atoms with van der Waals surface area (Å²) in [6.45, 7) is 12.9. The molecule has 0 aliphatic rings. The van der Waals surface area contributed by atoms with Gasteiger partial charge >= 0.3 is 0 Å². The largest absolute Gasteiger partial charge is 0.309 e. The molecule has 0 aliphatic heterocycles. The van der Waals surface area contributed by atoms with Gasteiger partial charge in [-0.25, -0.2) is 0 Å². The third-order valence-electron chi connectivity index (χ3n) is 3.22. The van der Waals surface area contributed by atoms with E-state index in [1.54, 1.807) is 0 Å². The third kappa shape index (κ3) is 6.69. The zero-order valence-corrected chi connectivity index (χ0v) is 12.9. The highest BCUT2D eigenvalue weighted by Crippen LogP contribution is 2.05. The smallest absolute Gasteiger partial charge is 0.0547 e. The molecule has 0 fully saturated rings. The number of hydrogen-bond donors (Lipinski definition) is 1. The van der Waals surface area contributed by atoms with E-state index in [1.165, 1.54) is 25.1 Å². The van der Waals surface area contributed by atoms with Crippen LogP contribution in [0.2, 0.25) is 0 Å². The summed E-state index contributed by atoms with van der Waals surface area (Å²) in [5.74, 6) is 0. The van der Waals surface area contributed by atoms with Crippen LogP contribution in [0, 0.1) is 0 Å². The van der Waals surface area contributed by atoms with Crippen molar-refractivity contribution in [2.24, 2.45) is 0 Å². The Balaban J connectivity index is 2.54. The van der Waals surface area contributed by atoms with Crippen molar-refractivity contribution in [2.45, 2.75) is 59.7 Å². The Morgan fingerprint density at radius 3 is 2.58 bits per heavy atom. The molecule has 1 rings (SSSR count). The predicted molar refractivity (Wildman–Crippen MR) is 82.1 cm³/mol. The molecule has 0 aromatic carbocycles. The lowest BCUT2D eigenvalue weighted by Gasteiger charge is -2.20. The monoisotopic (exact) mass is 263 g/mol. The summed E-state index contributed by atoms with van der Waals surface area (Å²) in [6.07, 6.45) is 2.52. The van der Waals surface area contributed by atoms with Gasteiger partial charge in [0, 0.05) is 19.1 Å². The quantitative estimate of drug-likeness (QED) is 0.741. The van der Waals surface area contributed by atoms with Crippen LogP contribution in [0.4, 0.5) is 0 Å². The minimum Gasteiger partial charge on any atom is -0.309 e. The Kier molecular flexibility index (Phi) is 7.68. The van der Waals surface area contributed by atoms with Crippen molar-refractivity contribution in [3.05, 3.63) is 29.6 Å². The van der Waals surface area contributed by atoms with Gasteiger partial charge in [-0.15, -0.1) is 0 Å². The highest BCUT2D eigenvalue weighted by atomic mass is 15.1. The maximum absolute atomic E-state index is 4.74. The second-order valence-electron chi connectivity index (χ2n) is 5.38. The average molecular weight is 263 g/mol. The molecule has 0 amide bonds.